The molecule has 3 N–H and O–H groups in total. The zero-order valence-corrected chi connectivity index (χ0v) is 17.9. The second kappa shape index (κ2) is 8.28. The van der Waals surface area contributed by atoms with Crippen LogP contribution in [0.2, 0.25) is 0 Å². The summed E-state index contributed by atoms with van der Waals surface area (Å²) in [5, 5.41) is 17.1. The van der Waals surface area contributed by atoms with Gasteiger partial charge in [-0.3, -0.25) is 4.79 Å². The largest absolute Gasteiger partial charge is 0.507 e. The predicted octanol–water partition coefficient (Wildman–Crippen LogP) is 4.76. The quantitative estimate of drug-likeness (QED) is 0.557. The number of nitrogens with one attached hydrogen (secondary N) is 2. The highest BCUT2D eigenvalue weighted by molar-refractivity contribution is 5.89. The number of amides is 1. The molecular weight excluding hydrogens is 405 g/mol. The van der Waals surface area contributed by atoms with E-state index in [1.807, 2.05) is 24.3 Å². The van der Waals surface area contributed by atoms with Crippen molar-refractivity contribution in [1.82, 2.24) is 5.32 Å². The van der Waals surface area contributed by atoms with Crippen molar-refractivity contribution in [3.8, 4) is 28.0 Å². The lowest BCUT2D eigenvalue weighted by Gasteiger charge is -2.47. The summed E-state index contributed by atoms with van der Waals surface area (Å²) in [4.78, 5) is 13.7. The zero-order chi connectivity index (χ0) is 22.2. The average molecular weight is 432 g/mol. The van der Waals surface area contributed by atoms with Gasteiger partial charge in [0, 0.05) is 48.9 Å². The van der Waals surface area contributed by atoms with E-state index in [9.17, 15) is 14.3 Å². The lowest BCUT2D eigenvalue weighted by molar-refractivity contribution is -0.114. The van der Waals surface area contributed by atoms with Crippen molar-refractivity contribution < 1.29 is 14.3 Å². The molecule has 0 radical (unpaired) electrons. The second-order valence-electron chi connectivity index (χ2n) is 8.62. The number of hydrogen-bond acceptors (Lipinski definition) is 4. The van der Waals surface area contributed by atoms with E-state index in [-0.39, 0.29) is 17.3 Å². The number of hydrogen-bond donors (Lipinski definition) is 3. The maximum atomic E-state index is 14.5. The first-order valence-electron chi connectivity index (χ1n) is 11.0. The molecule has 3 aliphatic rings. The highest BCUT2D eigenvalue weighted by Crippen LogP contribution is 2.40. The molecule has 2 bridgehead atoms. The van der Waals surface area contributed by atoms with Crippen LogP contribution in [0.25, 0.3) is 22.3 Å². The first kappa shape index (κ1) is 20.5. The molecule has 3 heterocycles. The molecule has 3 aromatic carbocycles. The number of phenolic OH excluding ortho intramolecular Hbond substituents is 1. The average Bonchev–Trinajstić information content (AvgIpc) is 2.81. The Morgan fingerprint density at radius 1 is 1.06 bits per heavy atom. The van der Waals surface area contributed by atoms with Gasteiger partial charge in [0.1, 0.15) is 11.6 Å². The van der Waals surface area contributed by atoms with Crippen LogP contribution in [0.5, 0.6) is 5.75 Å². The Balaban J connectivity index is 1.48. The monoisotopic (exact) mass is 431 g/mol. The number of carbonyl (C=O) groups excluding carboxylic acids is 1. The fraction of sp³-hybridized carbons (Fsp3) is 0.269. The SMILES string of the molecule is CC(=O)Nc1ccc(-c2cccc(-c3cccc(N4CC5CCC4CN5)c3)c2O)cc1F. The third-order valence-electron chi connectivity index (χ3n) is 6.46. The Morgan fingerprint density at radius 2 is 1.81 bits per heavy atom. The zero-order valence-electron chi connectivity index (χ0n) is 17.9. The van der Waals surface area contributed by atoms with Crippen LogP contribution >= 0.6 is 0 Å². The van der Waals surface area contributed by atoms with Crippen LogP contribution in [0, 0.1) is 5.82 Å². The number of nitrogens with zero attached hydrogens (tertiary/aromatic N) is 1. The summed E-state index contributed by atoms with van der Waals surface area (Å²) in [7, 11) is 0. The molecule has 32 heavy (non-hydrogen) atoms. The van der Waals surface area contributed by atoms with Crippen molar-refractivity contribution in [1.29, 1.82) is 0 Å². The van der Waals surface area contributed by atoms with Gasteiger partial charge in [-0.1, -0.05) is 36.4 Å². The van der Waals surface area contributed by atoms with E-state index in [0.29, 0.717) is 28.8 Å². The number of phenols is 1. The first-order valence-corrected chi connectivity index (χ1v) is 11.0. The molecular formula is C26H26FN3O2. The minimum Gasteiger partial charge on any atom is -0.507 e. The molecule has 3 aromatic rings. The second-order valence-corrected chi connectivity index (χ2v) is 8.62. The van der Waals surface area contributed by atoms with Gasteiger partial charge in [0.05, 0.1) is 5.69 Å². The molecule has 0 aliphatic carbocycles. The highest BCUT2D eigenvalue weighted by atomic mass is 19.1. The first-order chi connectivity index (χ1) is 15.5. The molecule has 5 nitrogen and oxygen atoms in total. The molecule has 0 aromatic heterocycles. The van der Waals surface area contributed by atoms with Gasteiger partial charge in [-0.05, 0) is 48.2 Å². The van der Waals surface area contributed by atoms with Crippen molar-refractivity contribution in [3.05, 3.63) is 66.5 Å². The smallest absolute Gasteiger partial charge is 0.221 e. The topological polar surface area (TPSA) is 64.6 Å². The Hall–Kier alpha value is -3.38. The fourth-order valence-corrected chi connectivity index (χ4v) is 4.86. The van der Waals surface area contributed by atoms with Crippen molar-refractivity contribution in [2.45, 2.75) is 31.8 Å². The Kier molecular flexibility index (Phi) is 5.31. The van der Waals surface area contributed by atoms with E-state index in [1.165, 1.54) is 31.9 Å². The van der Waals surface area contributed by atoms with E-state index in [4.69, 9.17) is 0 Å². The Morgan fingerprint density at radius 3 is 2.44 bits per heavy atom. The summed E-state index contributed by atoms with van der Waals surface area (Å²) >= 11 is 0. The summed E-state index contributed by atoms with van der Waals surface area (Å²) in [6.45, 7) is 3.35. The molecule has 2 unspecified atom stereocenters. The molecule has 6 rings (SSSR count). The lowest BCUT2D eigenvalue weighted by Crippen LogP contribution is -2.61. The summed E-state index contributed by atoms with van der Waals surface area (Å²) in [5.41, 5.74) is 4.00. The number of carbonyl (C=O) groups is 1. The predicted molar refractivity (Wildman–Crippen MR) is 125 cm³/mol. The molecule has 0 spiro atoms. The third-order valence-corrected chi connectivity index (χ3v) is 6.46. The molecule has 0 saturated carbocycles. The summed E-state index contributed by atoms with van der Waals surface area (Å²) in [6, 6.07) is 19.4. The number of anilines is 2. The third kappa shape index (κ3) is 3.82. The van der Waals surface area contributed by atoms with Crippen molar-refractivity contribution in [2.24, 2.45) is 0 Å². The van der Waals surface area contributed by atoms with Crippen LogP contribution in [-0.4, -0.2) is 36.2 Å². The molecule has 3 fully saturated rings. The van der Waals surface area contributed by atoms with Gasteiger partial charge < -0.3 is 20.6 Å². The van der Waals surface area contributed by atoms with Gasteiger partial charge in [-0.15, -0.1) is 0 Å². The fourth-order valence-electron chi connectivity index (χ4n) is 4.86. The Labute approximate surface area is 186 Å². The maximum absolute atomic E-state index is 14.5. The normalized spacial score (nSPS) is 19.8. The number of halogens is 1. The van der Waals surface area contributed by atoms with Crippen LogP contribution in [0.3, 0.4) is 0 Å². The van der Waals surface area contributed by atoms with Crippen LogP contribution in [0.4, 0.5) is 15.8 Å². The molecule has 3 aliphatic heterocycles. The summed E-state index contributed by atoms with van der Waals surface area (Å²) in [6.07, 6.45) is 2.42. The van der Waals surface area contributed by atoms with Gasteiger partial charge in [0.2, 0.25) is 5.91 Å². The van der Waals surface area contributed by atoms with E-state index in [2.05, 4.69) is 27.7 Å². The minimum atomic E-state index is -0.543. The minimum absolute atomic E-state index is 0.109. The van der Waals surface area contributed by atoms with E-state index < -0.39 is 5.82 Å². The van der Waals surface area contributed by atoms with Gasteiger partial charge in [0.15, 0.2) is 0 Å². The molecule has 2 atom stereocenters. The van der Waals surface area contributed by atoms with E-state index in [0.717, 1.165) is 24.3 Å². The number of piperazine rings is 1. The summed E-state index contributed by atoms with van der Waals surface area (Å²) < 4.78 is 14.5. The number of piperidine rings is 2. The van der Waals surface area contributed by atoms with Crippen molar-refractivity contribution in [2.75, 3.05) is 23.3 Å². The number of para-hydroxylation sites is 1. The maximum Gasteiger partial charge on any atom is 0.221 e. The van der Waals surface area contributed by atoms with Gasteiger partial charge in [-0.2, -0.15) is 0 Å². The van der Waals surface area contributed by atoms with Crippen molar-refractivity contribution >= 4 is 17.3 Å². The standard InChI is InChI=1S/C26H26FN3O2/c1-16(31)29-25-11-8-18(13-24(25)27)23-7-3-6-22(26(23)32)17-4-2-5-20(12-17)30-15-19-9-10-21(30)14-28-19/h2-8,11-13,19,21,28,32H,9-10,14-15H2,1H3,(H,29,31). The number of aromatic hydroxyl groups is 1. The number of rotatable bonds is 4. The van der Waals surface area contributed by atoms with Gasteiger partial charge >= 0.3 is 0 Å². The number of fused-ring (bicyclic) bond motifs is 3. The van der Waals surface area contributed by atoms with Gasteiger partial charge in [-0.25, -0.2) is 4.39 Å². The van der Waals surface area contributed by atoms with Crippen LogP contribution in [0.1, 0.15) is 19.8 Å². The molecule has 1 amide bonds. The van der Waals surface area contributed by atoms with Crippen LogP contribution in [-0.2, 0) is 4.79 Å². The Bertz CT molecular complexity index is 1170. The molecule has 3 saturated heterocycles. The lowest BCUT2D eigenvalue weighted by atomic mass is 9.91. The molecule has 6 heteroatoms. The molecule has 164 valence electrons. The van der Waals surface area contributed by atoms with E-state index in [1.54, 1.807) is 12.1 Å². The van der Waals surface area contributed by atoms with Crippen LogP contribution < -0.4 is 15.5 Å². The summed E-state index contributed by atoms with van der Waals surface area (Å²) in [5.74, 6) is -0.768. The number of benzene rings is 3. The highest BCUT2D eigenvalue weighted by Gasteiger charge is 2.33. The van der Waals surface area contributed by atoms with Crippen LogP contribution in [0.15, 0.2) is 60.7 Å². The van der Waals surface area contributed by atoms with Gasteiger partial charge in [0.25, 0.3) is 0 Å². The van der Waals surface area contributed by atoms with Crippen molar-refractivity contribution in [3.63, 3.8) is 0 Å². The van der Waals surface area contributed by atoms with E-state index >= 15 is 0 Å².